The molecule has 2 aromatic carbocycles. The van der Waals surface area contributed by atoms with Crippen LogP contribution in [-0.4, -0.2) is 36.9 Å². The maximum Gasteiger partial charge on any atom is 0.253 e. The number of hydrogen-bond acceptors (Lipinski definition) is 3. The van der Waals surface area contributed by atoms with Gasteiger partial charge in [-0.25, -0.2) is 8.78 Å². The number of nitrogens with one attached hydrogen (secondary N) is 1. The van der Waals surface area contributed by atoms with Crippen LogP contribution in [0.25, 0.3) is 0 Å². The summed E-state index contributed by atoms with van der Waals surface area (Å²) in [7, 11) is 1.55. The maximum absolute atomic E-state index is 13.7. The number of rotatable bonds is 5. The van der Waals surface area contributed by atoms with Crippen molar-refractivity contribution in [2.45, 2.75) is 26.3 Å². The lowest BCUT2D eigenvalue weighted by molar-refractivity contribution is -0.132. The Hall–Kier alpha value is -2.96. The van der Waals surface area contributed by atoms with Crippen molar-refractivity contribution >= 4 is 11.8 Å². The van der Waals surface area contributed by atoms with Crippen molar-refractivity contribution < 1.29 is 23.1 Å². The second-order valence-corrected chi connectivity index (χ2v) is 7.50. The van der Waals surface area contributed by atoms with Gasteiger partial charge in [0.15, 0.2) is 0 Å². The highest BCUT2D eigenvalue weighted by molar-refractivity contribution is 5.95. The van der Waals surface area contributed by atoms with E-state index in [1.54, 1.807) is 36.3 Å². The molecule has 0 unspecified atom stereocenters. The van der Waals surface area contributed by atoms with Crippen LogP contribution in [0.2, 0.25) is 0 Å². The highest BCUT2D eigenvalue weighted by Crippen LogP contribution is 2.32. The molecule has 2 amide bonds. The third-order valence-corrected chi connectivity index (χ3v) is 5.47. The van der Waals surface area contributed by atoms with Gasteiger partial charge in [-0.15, -0.1) is 0 Å². The molecule has 29 heavy (non-hydrogen) atoms. The Bertz CT molecular complexity index is 909. The Balaban J connectivity index is 1.57. The summed E-state index contributed by atoms with van der Waals surface area (Å²) in [6, 6.07) is 10.3. The van der Waals surface area contributed by atoms with Crippen LogP contribution in [0.5, 0.6) is 5.75 Å². The molecule has 1 saturated heterocycles. The molecule has 3 rings (SSSR count). The molecule has 0 spiro atoms. The molecule has 1 heterocycles. The van der Waals surface area contributed by atoms with Gasteiger partial charge in [0.2, 0.25) is 5.91 Å². The van der Waals surface area contributed by atoms with Gasteiger partial charge >= 0.3 is 0 Å². The topological polar surface area (TPSA) is 58.6 Å². The number of nitrogens with zero attached hydrogens (tertiary/aromatic N) is 1. The average Bonchev–Trinajstić information content (AvgIpc) is 2.73. The highest BCUT2D eigenvalue weighted by atomic mass is 19.1. The molecule has 1 fully saturated rings. The number of halogens is 2. The second-order valence-electron chi connectivity index (χ2n) is 7.50. The van der Waals surface area contributed by atoms with Crippen LogP contribution in [0.4, 0.5) is 8.78 Å². The zero-order chi connectivity index (χ0) is 21.0. The molecule has 7 heteroatoms. The van der Waals surface area contributed by atoms with Crippen LogP contribution in [-0.2, 0) is 11.3 Å². The van der Waals surface area contributed by atoms with Crippen molar-refractivity contribution in [2.24, 2.45) is 5.41 Å². The van der Waals surface area contributed by atoms with E-state index >= 15 is 0 Å². The number of benzene rings is 2. The minimum Gasteiger partial charge on any atom is -0.497 e. The third kappa shape index (κ3) is 4.72. The molecule has 0 aromatic heterocycles. The molecule has 0 aliphatic carbocycles. The smallest absolute Gasteiger partial charge is 0.253 e. The van der Waals surface area contributed by atoms with Gasteiger partial charge in [-0.05, 0) is 37.1 Å². The third-order valence-electron chi connectivity index (χ3n) is 5.47. The fourth-order valence-corrected chi connectivity index (χ4v) is 3.42. The number of piperidine rings is 1. The Kier molecular flexibility index (Phi) is 6.15. The molecule has 5 nitrogen and oxygen atoms in total. The van der Waals surface area contributed by atoms with Crippen molar-refractivity contribution in [3.8, 4) is 5.75 Å². The van der Waals surface area contributed by atoms with E-state index in [2.05, 4.69) is 5.32 Å². The van der Waals surface area contributed by atoms with Gasteiger partial charge in [0, 0.05) is 42.2 Å². The second kappa shape index (κ2) is 8.59. The Morgan fingerprint density at radius 1 is 1.14 bits per heavy atom. The first-order valence-corrected chi connectivity index (χ1v) is 9.48. The van der Waals surface area contributed by atoms with Crippen molar-refractivity contribution in [3.05, 3.63) is 65.2 Å². The highest BCUT2D eigenvalue weighted by Gasteiger charge is 2.38. The summed E-state index contributed by atoms with van der Waals surface area (Å²) in [5.41, 5.74) is 0.125. The molecular formula is C22H24F2N2O3. The van der Waals surface area contributed by atoms with E-state index < -0.39 is 17.0 Å². The zero-order valence-electron chi connectivity index (χ0n) is 16.5. The largest absolute Gasteiger partial charge is 0.497 e. The van der Waals surface area contributed by atoms with Gasteiger partial charge < -0.3 is 15.0 Å². The molecule has 0 atom stereocenters. The number of likely N-dealkylation sites (tertiary alicyclic amines) is 1. The van der Waals surface area contributed by atoms with Crippen LogP contribution >= 0.6 is 0 Å². The van der Waals surface area contributed by atoms with Crippen molar-refractivity contribution in [2.75, 3.05) is 20.2 Å². The predicted molar refractivity (Wildman–Crippen MR) is 104 cm³/mol. The first kappa shape index (κ1) is 20.8. The lowest BCUT2D eigenvalue weighted by Gasteiger charge is -2.38. The van der Waals surface area contributed by atoms with Crippen molar-refractivity contribution in [1.82, 2.24) is 10.2 Å². The van der Waals surface area contributed by atoms with Crippen LogP contribution in [0.15, 0.2) is 42.5 Å². The minimum atomic E-state index is -0.686. The summed E-state index contributed by atoms with van der Waals surface area (Å²) in [6.07, 6.45) is 1.00. The molecule has 1 aliphatic rings. The van der Waals surface area contributed by atoms with E-state index in [1.807, 2.05) is 6.92 Å². The molecular weight excluding hydrogens is 378 g/mol. The lowest BCUT2D eigenvalue weighted by Crippen LogP contribution is -2.48. The summed E-state index contributed by atoms with van der Waals surface area (Å²) >= 11 is 0. The average molecular weight is 402 g/mol. The van der Waals surface area contributed by atoms with Crippen molar-refractivity contribution in [1.29, 1.82) is 0 Å². The van der Waals surface area contributed by atoms with Gasteiger partial charge in [-0.1, -0.05) is 19.1 Å². The molecule has 0 saturated carbocycles. The summed E-state index contributed by atoms with van der Waals surface area (Å²) < 4.78 is 31.9. The number of carbonyl (C=O) groups is 2. The Labute approximate surface area is 168 Å². The van der Waals surface area contributed by atoms with Gasteiger partial charge in [0.25, 0.3) is 5.91 Å². The fraction of sp³-hybridized carbons (Fsp3) is 0.364. The van der Waals surface area contributed by atoms with E-state index in [9.17, 15) is 18.4 Å². The Morgan fingerprint density at radius 3 is 2.52 bits per heavy atom. The summed E-state index contributed by atoms with van der Waals surface area (Å²) in [5.74, 6) is -1.02. The number of amides is 2. The van der Waals surface area contributed by atoms with E-state index in [0.29, 0.717) is 37.2 Å². The maximum atomic E-state index is 13.7. The SMILES string of the molecule is COc1cccc(C(=O)N2CCC(C)(C(=O)NCc3ccc(F)cc3F)CC2)c1. The van der Waals surface area contributed by atoms with E-state index in [1.165, 1.54) is 6.07 Å². The van der Waals surface area contributed by atoms with Gasteiger partial charge in [0.05, 0.1) is 7.11 Å². The minimum absolute atomic E-state index is 0.00695. The molecule has 2 aromatic rings. The molecule has 0 radical (unpaired) electrons. The van der Waals surface area contributed by atoms with Crippen molar-refractivity contribution in [3.63, 3.8) is 0 Å². The quantitative estimate of drug-likeness (QED) is 0.832. The normalized spacial score (nSPS) is 15.7. The lowest BCUT2D eigenvalue weighted by atomic mass is 9.79. The zero-order valence-corrected chi connectivity index (χ0v) is 16.5. The monoisotopic (exact) mass is 402 g/mol. The van der Waals surface area contributed by atoms with Crippen LogP contribution in [0.3, 0.4) is 0 Å². The first-order valence-electron chi connectivity index (χ1n) is 9.48. The number of carbonyl (C=O) groups excluding carboxylic acids is 2. The van der Waals surface area contributed by atoms with Crippen LogP contribution in [0.1, 0.15) is 35.7 Å². The first-order chi connectivity index (χ1) is 13.8. The molecule has 154 valence electrons. The number of methoxy groups -OCH3 is 1. The van der Waals surface area contributed by atoms with Crippen LogP contribution in [0, 0.1) is 17.0 Å². The molecule has 1 N–H and O–H groups in total. The van der Waals surface area contributed by atoms with E-state index in [4.69, 9.17) is 4.74 Å². The predicted octanol–water partition coefficient (Wildman–Crippen LogP) is 3.53. The van der Waals surface area contributed by atoms with E-state index in [-0.39, 0.29) is 23.9 Å². The summed E-state index contributed by atoms with van der Waals surface area (Å²) in [5, 5.41) is 2.74. The fourth-order valence-electron chi connectivity index (χ4n) is 3.42. The van der Waals surface area contributed by atoms with E-state index in [0.717, 1.165) is 12.1 Å². The number of hydrogen-bond donors (Lipinski definition) is 1. The number of ether oxygens (including phenoxy) is 1. The molecule has 0 bridgehead atoms. The Morgan fingerprint density at radius 2 is 1.86 bits per heavy atom. The molecule has 1 aliphatic heterocycles. The summed E-state index contributed by atoms with van der Waals surface area (Å²) in [6.45, 7) is 2.74. The standard InChI is InChI=1S/C22H24F2N2O3/c1-22(21(28)25-14-16-6-7-17(23)13-19(16)24)8-10-26(11-9-22)20(27)15-4-3-5-18(12-15)29-2/h3-7,12-13H,8-11,14H2,1-2H3,(H,25,28). The summed E-state index contributed by atoms with van der Waals surface area (Å²) in [4.78, 5) is 27.1. The van der Waals surface area contributed by atoms with Gasteiger partial charge in [0.1, 0.15) is 17.4 Å². The van der Waals surface area contributed by atoms with Gasteiger partial charge in [-0.2, -0.15) is 0 Å². The van der Waals surface area contributed by atoms with Crippen LogP contribution < -0.4 is 10.1 Å². The van der Waals surface area contributed by atoms with Gasteiger partial charge in [-0.3, -0.25) is 9.59 Å².